The summed E-state index contributed by atoms with van der Waals surface area (Å²) < 4.78 is 0. The predicted molar refractivity (Wildman–Crippen MR) is 69.8 cm³/mol. The molecule has 1 aliphatic heterocycles. The molecule has 3 N–H and O–H groups in total. The molecular formula is C14H20N2O4. The van der Waals surface area contributed by atoms with E-state index in [9.17, 15) is 14.4 Å². The van der Waals surface area contributed by atoms with Crippen LogP contribution in [0, 0.1) is 17.8 Å². The standard InChI is InChI=1S/C14H20N2O4/c17-11(18)9-6-10(9)14(12(19)15-13(20)16-14)7-8-4-2-1-3-5-8/h8-10H,1-7H2,(H,17,18)(H2,15,16,19,20)/t9-,10-,14?/m0/s1. The highest BCUT2D eigenvalue weighted by Gasteiger charge is 2.63. The molecule has 2 aliphatic carbocycles. The van der Waals surface area contributed by atoms with Crippen molar-refractivity contribution in [1.82, 2.24) is 10.6 Å². The molecule has 2 saturated carbocycles. The highest BCUT2D eigenvalue weighted by atomic mass is 16.4. The fourth-order valence-electron chi connectivity index (χ4n) is 3.92. The smallest absolute Gasteiger partial charge is 0.322 e. The maximum Gasteiger partial charge on any atom is 0.322 e. The number of carboxylic acids is 1. The second kappa shape index (κ2) is 4.75. The van der Waals surface area contributed by atoms with E-state index in [1.807, 2.05) is 0 Å². The molecule has 0 aromatic carbocycles. The van der Waals surface area contributed by atoms with Gasteiger partial charge in [0.2, 0.25) is 0 Å². The van der Waals surface area contributed by atoms with Gasteiger partial charge in [0.15, 0.2) is 0 Å². The van der Waals surface area contributed by atoms with Crippen molar-refractivity contribution < 1.29 is 19.5 Å². The monoisotopic (exact) mass is 280 g/mol. The van der Waals surface area contributed by atoms with Gasteiger partial charge >= 0.3 is 12.0 Å². The maximum atomic E-state index is 12.2. The van der Waals surface area contributed by atoms with Crippen molar-refractivity contribution in [3.05, 3.63) is 0 Å². The summed E-state index contributed by atoms with van der Waals surface area (Å²) in [5.74, 6) is -1.55. The first kappa shape index (κ1) is 13.4. The Bertz CT molecular complexity index is 458. The van der Waals surface area contributed by atoms with Gasteiger partial charge in [-0.2, -0.15) is 0 Å². The molecule has 110 valence electrons. The Labute approximate surface area is 117 Å². The van der Waals surface area contributed by atoms with Crippen LogP contribution < -0.4 is 10.6 Å². The lowest BCUT2D eigenvalue weighted by Crippen LogP contribution is -2.51. The van der Waals surface area contributed by atoms with Crippen molar-refractivity contribution in [3.63, 3.8) is 0 Å². The Hall–Kier alpha value is -1.59. The third-order valence-electron chi connectivity index (χ3n) is 5.04. The van der Waals surface area contributed by atoms with Crippen LogP contribution in [-0.2, 0) is 9.59 Å². The van der Waals surface area contributed by atoms with E-state index in [0.717, 1.165) is 25.7 Å². The second-order valence-corrected chi connectivity index (χ2v) is 6.37. The van der Waals surface area contributed by atoms with Crippen LogP contribution in [0.3, 0.4) is 0 Å². The van der Waals surface area contributed by atoms with Crippen LogP contribution in [0.2, 0.25) is 0 Å². The zero-order chi connectivity index (χ0) is 14.3. The molecule has 6 nitrogen and oxygen atoms in total. The van der Waals surface area contributed by atoms with Crippen LogP contribution in [0.5, 0.6) is 0 Å². The van der Waals surface area contributed by atoms with Gasteiger partial charge in [-0.3, -0.25) is 14.9 Å². The maximum absolute atomic E-state index is 12.2. The number of amides is 3. The van der Waals surface area contributed by atoms with Crippen LogP contribution in [-0.4, -0.2) is 28.6 Å². The number of carbonyl (C=O) groups excluding carboxylic acids is 2. The minimum absolute atomic E-state index is 0.256. The minimum atomic E-state index is -0.984. The number of rotatable bonds is 4. The topological polar surface area (TPSA) is 95.5 Å². The summed E-state index contributed by atoms with van der Waals surface area (Å²) in [7, 11) is 0. The second-order valence-electron chi connectivity index (χ2n) is 6.37. The van der Waals surface area contributed by atoms with Gasteiger partial charge in [0.1, 0.15) is 5.54 Å². The van der Waals surface area contributed by atoms with E-state index in [-0.39, 0.29) is 11.8 Å². The normalized spacial score (nSPS) is 37.4. The highest BCUT2D eigenvalue weighted by Crippen LogP contribution is 2.51. The fraction of sp³-hybridized carbons (Fsp3) is 0.786. The molecule has 3 fully saturated rings. The molecule has 0 aromatic rings. The number of carbonyl (C=O) groups is 3. The summed E-state index contributed by atoms with van der Waals surface area (Å²) in [6.07, 6.45) is 6.73. The lowest BCUT2D eigenvalue weighted by atomic mass is 9.76. The average molecular weight is 280 g/mol. The molecule has 0 spiro atoms. The third-order valence-corrected chi connectivity index (χ3v) is 5.04. The van der Waals surface area contributed by atoms with E-state index >= 15 is 0 Å². The van der Waals surface area contributed by atoms with Gasteiger partial charge in [0.05, 0.1) is 5.92 Å². The number of aliphatic carboxylic acids is 1. The number of imide groups is 1. The highest BCUT2D eigenvalue weighted by molar-refractivity contribution is 6.07. The van der Waals surface area contributed by atoms with Gasteiger partial charge in [-0.1, -0.05) is 32.1 Å². The largest absolute Gasteiger partial charge is 0.481 e. The van der Waals surface area contributed by atoms with Crippen LogP contribution in [0.15, 0.2) is 0 Å². The van der Waals surface area contributed by atoms with Crippen LogP contribution in [0.1, 0.15) is 44.9 Å². The zero-order valence-electron chi connectivity index (χ0n) is 11.4. The summed E-state index contributed by atoms with van der Waals surface area (Å²) in [5, 5.41) is 14.2. The lowest BCUT2D eigenvalue weighted by molar-refractivity contribution is -0.139. The minimum Gasteiger partial charge on any atom is -0.481 e. The van der Waals surface area contributed by atoms with Gasteiger partial charge < -0.3 is 10.4 Å². The molecule has 20 heavy (non-hydrogen) atoms. The van der Waals surface area contributed by atoms with E-state index in [0.29, 0.717) is 18.8 Å². The molecule has 3 aliphatic rings. The zero-order valence-corrected chi connectivity index (χ0v) is 11.4. The number of carboxylic acid groups (broad SMARTS) is 1. The molecular weight excluding hydrogens is 260 g/mol. The first-order valence-corrected chi connectivity index (χ1v) is 7.39. The van der Waals surface area contributed by atoms with E-state index in [4.69, 9.17) is 5.11 Å². The molecule has 3 rings (SSSR count). The summed E-state index contributed by atoms with van der Waals surface area (Å²) >= 11 is 0. The van der Waals surface area contributed by atoms with E-state index in [1.54, 1.807) is 0 Å². The van der Waals surface area contributed by atoms with Gasteiger partial charge in [0.25, 0.3) is 5.91 Å². The SMILES string of the molecule is O=C1NC(=O)C(CC2CCCCC2)([C@H]2C[C@@H]2C(=O)O)N1. The van der Waals surface area contributed by atoms with Crippen LogP contribution in [0.4, 0.5) is 4.79 Å². The van der Waals surface area contributed by atoms with Crippen LogP contribution in [0.25, 0.3) is 0 Å². The van der Waals surface area contributed by atoms with Crippen LogP contribution >= 0.6 is 0 Å². The van der Waals surface area contributed by atoms with Gasteiger partial charge in [-0.05, 0) is 18.8 Å². The Morgan fingerprint density at radius 2 is 1.95 bits per heavy atom. The molecule has 1 heterocycles. The van der Waals surface area contributed by atoms with E-state index < -0.39 is 23.5 Å². The molecule has 3 amide bonds. The first-order chi connectivity index (χ1) is 9.53. The van der Waals surface area contributed by atoms with Crippen molar-refractivity contribution in [2.24, 2.45) is 17.8 Å². The van der Waals surface area contributed by atoms with E-state index in [2.05, 4.69) is 10.6 Å². The molecule has 0 radical (unpaired) electrons. The summed E-state index contributed by atoms with van der Waals surface area (Å²) in [6.45, 7) is 0. The first-order valence-electron chi connectivity index (χ1n) is 7.39. The Balaban J connectivity index is 1.79. The fourth-order valence-corrected chi connectivity index (χ4v) is 3.92. The molecule has 3 atom stereocenters. The van der Waals surface area contributed by atoms with E-state index in [1.165, 1.54) is 6.42 Å². The summed E-state index contributed by atoms with van der Waals surface area (Å²) in [5.41, 5.74) is -0.984. The number of urea groups is 1. The van der Waals surface area contributed by atoms with Gasteiger partial charge in [0, 0.05) is 5.92 Å². The molecule has 0 bridgehead atoms. The number of hydrogen-bond acceptors (Lipinski definition) is 3. The lowest BCUT2D eigenvalue weighted by Gasteiger charge is -2.32. The quantitative estimate of drug-likeness (QED) is 0.675. The molecule has 1 saturated heterocycles. The molecule has 0 aromatic heterocycles. The van der Waals surface area contributed by atoms with Gasteiger partial charge in [-0.15, -0.1) is 0 Å². The third kappa shape index (κ3) is 2.17. The Morgan fingerprint density at radius 3 is 2.45 bits per heavy atom. The number of nitrogens with one attached hydrogen (secondary N) is 2. The van der Waals surface area contributed by atoms with Crippen molar-refractivity contribution in [2.75, 3.05) is 0 Å². The average Bonchev–Trinajstić information content (AvgIpc) is 3.14. The Morgan fingerprint density at radius 1 is 1.25 bits per heavy atom. The van der Waals surface area contributed by atoms with Gasteiger partial charge in [-0.25, -0.2) is 4.79 Å². The van der Waals surface area contributed by atoms with Crippen molar-refractivity contribution in [1.29, 1.82) is 0 Å². The van der Waals surface area contributed by atoms with Crippen molar-refractivity contribution in [3.8, 4) is 0 Å². The molecule has 6 heteroatoms. The predicted octanol–water partition coefficient (Wildman–Crippen LogP) is 1.26. The molecule has 1 unspecified atom stereocenters. The van der Waals surface area contributed by atoms with Crippen molar-refractivity contribution in [2.45, 2.75) is 50.5 Å². The van der Waals surface area contributed by atoms with Crippen molar-refractivity contribution >= 4 is 17.9 Å². The summed E-state index contributed by atoms with van der Waals surface area (Å²) in [4.78, 5) is 34.9. The summed E-state index contributed by atoms with van der Waals surface area (Å²) in [6, 6.07) is -0.484. The Kier molecular flexibility index (Phi) is 3.18. The number of hydrogen-bond donors (Lipinski definition) is 3.